The number of phenols is 1. The lowest BCUT2D eigenvalue weighted by atomic mass is 9.96. The summed E-state index contributed by atoms with van der Waals surface area (Å²) in [4.78, 5) is 12.1. The van der Waals surface area contributed by atoms with Crippen LogP contribution in [0.5, 0.6) is 5.75 Å². The first-order valence-corrected chi connectivity index (χ1v) is 8.28. The zero-order valence-corrected chi connectivity index (χ0v) is 13.9. The SMILES string of the molecule is CC(=O)N1N=C(c2ccc3ccccc3c2O)CC1c1ccccc1. The van der Waals surface area contributed by atoms with Crippen LogP contribution in [0.25, 0.3) is 10.8 Å². The van der Waals surface area contributed by atoms with Crippen molar-refractivity contribution in [3.63, 3.8) is 0 Å². The molecule has 1 aliphatic heterocycles. The van der Waals surface area contributed by atoms with Crippen molar-refractivity contribution in [2.45, 2.75) is 19.4 Å². The molecule has 124 valence electrons. The number of rotatable bonds is 2. The van der Waals surface area contributed by atoms with Crippen LogP contribution in [0.15, 0.2) is 71.8 Å². The van der Waals surface area contributed by atoms with E-state index in [9.17, 15) is 9.90 Å². The van der Waals surface area contributed by atoms with Gasteiger partial charge in [0.15, 0.2) is 0 Å². The first-order chi connectivity index (χ1) is 12.1. The van der Waals surface area contributed by atoms with Crippen molar-refractivity contribution < 1.29 is 9.90 Å². The number of fused-ring (bicyclic) bond motifs is 1. The third-order valence-electron chi connectivity index (χ3n) is 4.63. The van der Waals surface area contributed by atoms with Crippen LogP contribution in [0.2, 0.25) is 0 Å². The Balaban J connectivity index is 1.77. The molecular weight excluding hydrogens is 312 g/mol. The maximum atomic E-state index is 12.1. The van der Waals surface area contributed by atoms with Gasteiger partial charge in [-0.15, -0.1) is 0 Å². The molecule has 1 unspecified atom stereocenters. The standard InChI is InChI=1S/C21H18N2O2/c1-14(24)23-20(16-8-3-2-4-9-16)13-19(22-23)18-12-11-15-7-5-6-10-17(15)21(18)25/h2-12,20,25H,13H2,1H3. The van der Waals surface area contributed by atoms with Crippen molar-refractivity contribution in [1.82, 2.24) is 5.01 Å². The first-order valence-electron chi connectivity index (χ1n) is 8.28. The Bertz CT molecular complexity index is 980. The van der Waals surface area contributed by atoms with E-state index in [-0.39, 0.29) is 17.7 Å². The monoisotopic (exact) mass is 330 g/mol. The second-order valence-corrected chi connectivity index (χ2v) is 6.22. The highest BCUT2D eigenvalue weighted by Gasteiger charge is 2.32. The largest absolute Gasteiger partial charge is 0.507 e. The zero-order chi connectivity index (χ0) is 17.4. The minimum atomic E-state index is -0.139. The summed E-state index contributed by atoms with van der Waals surface area (Å²) in [6.45, 7) is 1.52. The summed E-state index contributed by atoms with van der Waals surface area (Å²) >= 11 is 0. The van der Waals surface area contributed by atoms with E-state index in [0.29, 0.717) is 12.0 Å². The predicted molar refractivity (Wildman–Crippen MR) is 98.5 cm³/mol. The summed E-state index contributed by atoms with van der Waals surface area (Å²) < 4.78 is 0. The molecule has 4 heteroatoms. The van der Waals surface area contributed by atoms with Crippen molar-refractivity contribution in [1.29, 1.82) is 0 Å². The lowest BCUT2D eigenvalue weighted by Gasteiger charge is -2.20. The highest BCUT2D eigenvalue weighted by atomic mass is 16.3. The molecule has 0 spiro atoms. The topological polar surface area (TPSA) is 52.9 Å². The van der Waals surface area contributed by atoms with E-state index in [4.69, 9.17) is 0 Å². The van der Waals surface area contributed by atoms with E-state index >= 15 is 0 Å². The molecule has 3 aromatic carbocycles. The Labute approximate surface area is 146 Å². The van der Waals surface area contributed by atoms with Crippen LogP contribution in [0.4, 0.5) is 0 Å². The molecule has 0 saturated heterocycles. The fourth-order valence-corrected chi connectivity index (χ4v) is 3.39. The maximum Gasteiger partial charge on any atom is 0.240 e. The van der Waals surface area contributed by atoms with Crippen molar-refractivity contribution in [3.05, 3.63) is 77.9 Å². The Morgan fingerprint density at radius 3 is 2.52 bits per heavy atom. The third-order valence-corrected chi connectivity index (χ3v) is 4.63. The lowest BCUT2D eigenvalue weighted by molar-refractivity contribution is -0.130. The highest BCUT2D eigenvalue weighted by Crippen LogP contribution is 2.37. The van der Waals surface area contributed by atoms with Crippen LogP contribution in [-0.4, -0.2) is 21.7 Å². The van der Waals surface area contributed by atoms with Gasteiger partial charge in [0.1, 0.15) is 5.75 Å². The van der Waals surface area contributed by atoms with Gasteiger partial charge in [-0.1, -0.05) is 60.7 Å². The molecule has 0 fully saturated rings. The molecule has 4 nitrogen and oxygen atoms in total. The number of hydrogen-bond donors (Lipinski definition) is 1. The molecule has 3 aromatic rings. The Morgan fingerprint density at radius 2 is 1.76 bits per heavy atom. The van der Waals surface area contributed by atoms with Crippen molar-refractivity contribution >= 4 is 22.4 Å². The molecular formula is C21H18N2O2. The molecule has 25 heavy (non-hydrogen) atoms. The molecule has 4 rings (SSSR count). The summed E-state index contributed by atoms with van der Waals surface area (Å²) in [5.41, 5.74) is 2.45. The predicted octanol–water partition coefficient (Wildman–Crippen LogP) is 4.24. The van der Waals surface area contributed by atoms with Gasteiger partial charge in [-0.05, 0) is 17.0 Å². The quantitative estimate of drug-likeness (QED) is 0.764. The van der Waals surface area contributed by atoms with Crippen molar-refractivity contribution in [3.8, 4) is 5.75 Å². The van der Waals surface area contributed by atoms with E-state index < -0.39 is 0 Å². The number of phenolic OH excluding ortho intramolecular Hbond substituents is 1. The fraction of sp³-hybridized carbons (Fsp3) is 0.143. The number of nitrogens with zero attached hydrogens (tertiary/aromatic N) is 2. The number of hydrogen-bond acceptors (Lipinski definition) is 3. The molecule has 0 aliphatic carbocycles. The van der Waals surface area contributed by atoms with Gasteiger partial charge in [-0.25, -0.2) is 5.01 Å². The normalized spacial score (nSPS) is 16.9. The van der Waals surface area contributed by atoms with Crippen molar-refractivity contribution in [2.75, 3.05) is 0 Å². The Kier molecular flexibility index (Phi) is 3.73. The molecule has 0 bridgehead atoms. The number of aromatic hydroxyl groups is 1. The van der Waals surface area contributed by atoms with Gasteiger partial charge < -0.3 is 5.11 Å². The molecule has 0 saturated carbocycles. The second-order valence-electron chi connectivity index (χ2n) is 6.22. The number of benzene rings is 3. The van der Waals surface area contributed by atoms with E-state index in [1.54, 1.807) is 0 Å². The van der Waals surface area contributed by atoms with Crippen LogP contribution in [0.3, 0.4) is 0 Å². The van der Waals surface area contributed by atoms with Gasteiger partial charge in [-0.2, -0.15) is 5.10 Å². The summed E-state index contributed by atoms with van der Waals surface area (Å²) in [5, 5.41) is 18.5. The van der Waals surface area contributed by atoms with Gasteiger partial charge in [-0.3, -0.25) is 4.79 Å². The lowest BCUT2D eigenvalue weighted by Crippen LogP contribution is -2.24. The van der Waals surface area contributed by atoms with Crippen LogP contribution in [0.1, 0.15) is 30.5 Å². The minimum absolute atomic E-state index is 0.107. The van der Waals surface area contributed by atoms with E-state index in [0.717, 1.165) is 22.0 Å². The van der Waals surface area contributed by atoms with Crippen LogP contribution < -0.4 is 0 Å². The fourth-order valence-electron chi connectivity index (χ4n) is 3.39. The zero-order valence-electron chi connectivity index (χ0n) is 13.9. The van der Waals surface area contributed by atoms with Gasteiger partial charge in [0.05, 0.1) is 11.8 Å². The first kappa shape index (κ1) is 15.4. The molecule has 1 heterocycles. The maximum absolute atomic E-state index is 12.1. The van der Waals surface area contributed by atoms with Gasteiger partial charge in [0, 0.05) is 24.3 Å². The average molecular weight is 330 g/mol. The van der Waals surface area contributed by atoms with Crippen molar-refractivity contribution in [2.24, 2.45) is 5.10 Å². The summed E-state index contributed by atoms with van der Waals surface area (Å²) in [6, 6.07) is 21.3. The van der Waals surface area contributed by atoms with Gasteiger partial charge in [0.2, 0.25) is 5.91 Å². The third kappa shape index (κ3) is 2.66. The number of carbonyl (C=O) groups is 1. The smallest absolute Gasteiger partial charge is 0.240 e. The molecule has 1 amide bonds. The highest BCUT2D eigenvalue weighted by molar-refractivity contribution is 6.09. The van der Waals surface area contributed by atoms with Gasteiger partial charge >= 0.3 is 0 Å². The van der Waals surface area contributed by atoms with E-state index in [1.807, 2.05) is 66.7 Å². The van der Waals surface area contributed by atoms with Crippen LogP contribution in [0, 0.1) is 0 Å². The number of carbonyl (C=O) groups excluding carboxylic acids is 1. The molecule has 0 aromatic heterocycles. The number of hydrazone groups is 1. The van der Waals surface area contributed by atoms with E-state index in [2.05, 4.69) is 5.10 Å². The molecule has 1 N–H and O–H groups in total. The van der Waals surface area contributed by atoms with Crippen LogP contribution in [-0.2, 0) is 4.79 Å². The molecule has 0 radical (unpaired) electrons. The Hall–Kier alpha value is -3.14. The summed E-state index contributed by atoms with van der Waals surface area (Å²) in [7, 11) is 0. The average Bonchev–Trinajstić information content (AvgIpc) is 3.08. The minimum Gasteiger partial charge on any atom is -0.507 e. The molecule has 1 aliphatic rings. The summed E-state index contributed by atoms with van der Waals surface area (Å²) in [5.74, 6) is 0.109. The van der Waals surface area contributed by atoms with Gasteiger partial charge in [0.25, 0.3) is 0 Å². The number of amides is 1. The Morgan fingerprint density at radius 1 is 1.04 bits per heavy atom. The molecule has 1 atom stereocenters. The second kappa shape index (κ2) is 6.06. The van der Waals surface area contributed by atoms with Crippen LogP contribution >= 0.6 is 0 Å². The summed E-state index contributed by atoms with van der Waals surface area (Å²) in [6.07, 6.45) is 0.579. The van der Waals surface area contributed by atoms with E-state index in [1.165, 1.54) is 11.9 Å².